The van der Waals surface area contributed by atoms with Crippen molar-refractivity contribution in [3.8, 4) is 0 Å². The van der Waals surface area contributed by atoms with E-state index < -0.39 is 0 Å². The fraction of sp³-hybridized carbons (Fsp3) is 0.462. The molecule has 0 atom stereocenters. The molecule has 0 spiro atoms. The number of carbonyl (C=O) groups excluding carboxylic acids is 1. The number of likely N-dealkylation sites (tertiary alicyclic amines) is 1. The molecule has 2 aliphatic rings. The van der Waals surface area contributed by atoms with Crippen molar-refractivity contribution < 1.29 is 4.79 Å². The third-order valence-electron chi connectivity index (χ3n) is 3.37. The van der Waals surface area contributed by atoms with E-state index in [1.807, 2.05) is 34.9 Å². The maximum absolute atomic E-state index is 12.3. The quantitative estimate of drug-likeness (QED) is 0.856. The largest absolute Gasteiger partial charge is 0.325 e. The van der Waals surface area contributed by atoms with Gasteiger partial charge in [-0.3, -0.25) is 9.69 Å². The fourth-order valence-electron chi connectivity index (χ4n) is 2.44. The summed E-state index contributed by atoms with van der Waals surface area (Å²) in [5.41, 5.74) is 6.79. The molecule has 0 bridgehead atoms. The molecule has 0 unspecified atom stereocenters. The first-order valence-corrected chi connectivity index (χ1v) is 7.23. The molecule has 0 saturated carbocycles. The monoisotopic (exact) mass is 263 g/mol. The topological polar surface area (TPSA) is 49.6 Å². The van der Waals surface area contributed by atoms with Gasteiger partial charge in [0, 0.05) is 36.3 Å². The third-order valence-corrected chi connectivity index (χ3v) is 4.42. The summed E-state index contributed by atoms with van der Waals surface area (Å²) < 4.78 is 0. The second-order valence-electron chi connectivity index (χ2n) is 4.82. The molecule has 2 heterocycles. The van der Waals surface area contributed by atoms with Crippen molar-refractivity contribution in [3.63, 3.8) is 0 Å². The zero-order valence-corrected chi connectivity index (χ0v) is 11.0. The minimum atomic E-state index is 0.189. The molecule has 2 aliphatic heterocycles. The Morgan fingerprint density at radius 1 is 1.39 bits per heavy atom. The molecular formula is C13H17N3OS. The van der Waals surface area contributed by atoms with Crippen LogP contribution in [0.1, 0.15) is 0 Å². The fourth-order valence-corrected chi connectivity index (χ4v) is 3.44. The Balaban J connectivity index is 1.71. The van der Waals surface area contributed by atoms with Crippen LogP contribution in [-0.4, -0.2) is 48.8 Å². The molecule has 1 fully saturated rings. The lowest BCUT2D eigenvalue weighted by Gasteiger charge is -2.38. The van der Waals surface area contributed by atoms with Gasteiger partial charge in [-0.2, -0.15) is 0 Å². The molecule has 1 aromatic rings. The summed E-state index contributed by atoms with van der Waals surface area (Å²) in [6.07, 6.45) is 0. The Hall–Kier alpha value is -1.04. The van der Waals surface area contributed by atoms with Crippen LogP contribution in [0.4, 0.5) is 5.69 Å². The first kappa shape index (κ1) is 12.0. The predicted molar refractivity (Wildman–Crippen MR) is 73.9 cm³/mol. The predicted octanol–water partition coefficient (Wildman–Crippen LogP) is 0.768. The van der Waals surface area contributed by atoms with Gasteiger partial charge in [-0.05, 0) is 12.1 Å². The summed E-state index contributed by atoms with van der Waals surface area (Å²) in [5, 5.41) is 0. The van der Waals surface area contributed by atoms with Crippen LogP contribution in [0.2, 0.25) is 0 Å². The molecule has 0 aliphatic carbocycles. The van der Waals surface area contributed by atoms with Crippen LogP contribution in [0.3, 0.4) is 0 Å². The van der Waals surface area contributed by atoms with E-state index in [0.29, 0.717) is 6.54 Å². The molecule has 0 aromatic heterocycles. The normalized spacial score (nSPS) is 20.4. The van der Waals surface area contributed by atoms with E-state index in [1.54, 1.807) is 0 Å². The van der Waals surface area contributed by atoms with E-state index in [9.17, 15) is 4.79 Å². The van der Waals surface area contributed by atoms with Crippen LogP contribution in [0.5, 0.6) is 0 Å². The summed E-state index contributed by atoms with van der Waals surface area (Å²) in [7, 11) is 0. The lowest BCUT2D eigenvalue weighted by atomic mass is 10.1. The van der Waals surface area contributed by atoms with Crippen molar-refractivity contribution in [2.45, 2.75) is 10.9 Å². The van der Waals surface area contributed by atoms with Gasteiger partial charge in [0.1, 0.15) is 0 Å². The van der Waals surface area contributed by atoms with E-state index in [4.69, 9.17) is 5.73 Å². The summed E-state index contributed by atoms with van der Waals surface area (Å²) in [5.74, 6) is 1.16. The Bertz CT molecular complexity index is 459. The second-order valence-corrected chi connectivity index (χ2v) is 5.95. The molecular weight excluding hydrogens is 246 g/mol. The standard InChI is InChI=1S/C13H17N3OS/c14-10-7-15(8-10)9-13(17)16-5-6-18-12-4-2-1-3-11(12)16/h1-4,10H,5-9,14H2. The van der Waals surface area contributed by atoms with Gasteiger partial charge in [0.15, 0.2) is 0 Å². The van der Waals surface area contributed by atoms with Crippen LogP contribution in [0.15, 0.2) is 29.2 Å². The number of benzene rings is 1. The highest BCUT2D eigenvalue weighted by atomic mass is 32.2. The number of carbonyl (C=O) groups is 1. The van der Waals surface area contributed by atoms with Crippen LogP contribution in [0, 0.1) is 0 Å². The van der Waals surface area contributed by atoms with Gasteiger partial charge >= 0.3 is 0 Å². The number of hydrogen-bond acceptors (Lipinski definition) is 4. The van der Waals surface area contributed by atoms with Crippen LogP contribution in [-0.2, 0) is 4.79 Å². The lowest BCUT2D eigenvalue weighted by molar-refractivity contribution is -0.120. The molecule has 18 heavy (non-hydrogen) atoms. The molecule has 1 saturated heterocycles. The molecule has 4 nitrogen and oxygen atoms in total. The number of fused-ring (bicyclic) bond motifs is 1. The number of rotatable bonds is 2. The molecule has 2 N–H and O–H groups in total. The summed E-state index contributed by atoms with van der Waals surface area (Å²) in [4.78, 5) is 17.5. The van der Waals surface area contributed by atoms with Crippen LogP contribution in [0.25, 0.3) is 0 Å². The number of hydrogen-bond donors (Lipinski definition) is 1. The van der Waals surface area contributed by atoms with E-state index in [0.717, 1.165) is 31.1 Å². The van der Waals surface area contributed by atoms with Crippen molar-refractivity contribution in [2.24, 2.45) is 5.73 Å². The van der Waals surface area contributed by atoms with Crippen molar-refractivity contribution >= 4 is 23.4 Å². The number of anilines is 1. The Kier molecular flexibility index (Phi) is 3.28. The maximum atomic E-state index is 12.3. The first-order chi connectivity index (χ1) is 8.74. The van der Waals surface area contributed by atoms with Crippen molar-refractivity contribution in [2.75, 3.05) is 36.8 Å². The van der Waals surface area contributed by atoms with E-state index >= 15 is 0 Å². The molecule has 1 aromatic carbocycles. The highest BCUT2D eigenvalue weighted by molar-refractivity contribution is 7.99. The van der Waals surface area contributed by atoms with Crippen LogP contribution >= 0.6 is 11.8 Å². The Morgan fingerprint density at radius 3 is 2.94 bits per heavy atom. The van der Waals surface area contributed by atoms with Gasteiger partial charge in [-0.15, -0.1) is 11.8 Å². The Morgan fingerprint density at radius 2 is 2.17 bits per heavy atom. The Labute approximate surface area is 111 Å². The highest BCUT2D eigenvalue weighted by Gasteiger charge is 2.29. The van der Waals surface area contributed by atoms with E-state index in [2.05, 4.69) is 11.0 Å². The molecule has 96 valence electrons. The third kappa shape index (κ3) is 2.25. The average Bonchev–Trinajstić information content (AvgIpc) is 2.36. The second kappa shape index (κ2) is 4.91. The summed E-state index contributed by atoms with van der Waals surface area (Å²) in [6.45, 7) is 2.99. The van der Waals surface area contributed by atoms with E-state index in [-0.39, 0.29) is 11.9 Å². The van der Waals surface area contributed by atoms with Gasteiger partial charge in [-0.25, -0.2) is 0 Å². The number of nitrogens with two attached hydrogens (primary N) is 1. The van der Waals surface area contributed by atoms with Gasteiger partial charge in [0.05, 0.1) is 12.2 Å². The van der Waals surface area contributed by atoms with Gasteiger partial charge in [-0.1, -0.05) is 12.1 Å². The van der Waals surface area contributed by atoms with E-state index in [1.165, 1.54) is 4.90 Å². The number of nitrogens with zero attached hydrogens (tertiary/aromatic N) is 2. The number of thioether (sulfide) groups is 1. The smallest absolute Gasteiger partial charge is 0.241 e. The molecule has 3 rings (SSSR count). The molecule has 1 amide bonds. The molecule has 0 radical (unpaired) electrons. The van der Waals surface area contributed by atoms with Crippen molar-refractivity contribution in [1.29, 1.82) is 0 Å². The SMILES string of the molecule is NC1CN(CC(=O)N2CCSc3ccccc32)C1. The number of amides is 1. The minimum absolute atomic E-state index is 0.189. The average molecular weight is 263 g/mol. The van der Waals surface area contributed by atoms with Crippen LogP contribution < -0.4 is 10.6 Å². The van der Waals surface area contributed by atoms with Crippen molar-refractivity contribution in [1.82, 2.24) is 4.90 Å². The highest BCUT2D eigenvalue weighted by Crippen LogP contribution is 2.34. The van der Waals surface area contributed by atoms with Gasteiger partial charge in [0.25, 0.3) is 0 Å². The summed E-state index contributed by atoms with van der Waals surface area (Å²) >= 11 is 1.82. The maximum Gasteiger partial charge on any atom is 0.241 e. The summed E-state index contributed by atoms with van der Waals surface area (Å²) in [6, 6.07) is 8.38. The van der Waals surface area contributed by atoms with Gasteiger partial charge in [0.2, 0.25) is 5.91 Å². The zero-order chi connectivity index (χ0) is 12.5. The van der Waals surface area contributed by atoms with Crippen molar-refractivity contribution in [3.05, 3.63) is 24.3 Å². The first-order valence-electron chi connectivity index (χ1n) is 6.24. The number of para-hydroxylation sites is 1. The molecule has 5 heteroatoms. The van der Waals surface area contributed by atoms with Gasteiger partial charge < -0.3 is 10.6 Å². The lowest BCUT2D eigenvalue weighted by Crippen LogP contribution is -2.58. The zero-order valence-electron chi connectivity index (χ0n) is 10.2. The minimum Gasteiger partial charge on any atom is -0.325 e.